The molecule has 2 rings (SSSR count). The number of rotatable bonds is 2. The van der Waals surface area contributed by atoms with Gasteiger partial charge in [-0.2, -0.15) is 5.26 Å². The second-order valence-electron chi connectivity index (χ2n) is 3.82. The Morgan fingerprint density at radius 3 is 2.53 bits per heavy atom. The molecular formula is C12H11N3OS. The molecule has 1 atom stereocenters. The fraction of sp³-hybridized carbons (Fsp3) is 0.167. The van der Waals surface area contributed by atoms with Gasteiger partial charge in [-0.1, -0.05) is 23.5 Å². The zero-order chi connectivity index (χ0) is 12.5. The van der Waals surface area contributed by atoms with Gasteiger partial charge in [0.25, 0.3) is 0 Å². The molecule has 0 saturated heterocycles. The maximum Gasteiger partial charge on any atom is 0.180 e. The molecule has 0 spiro atoms. The van der Waals surface area contributed by atoms with E-state index in [-0.39, 0.29) is 0 Å². The Morgan fingerprint density at radius 2 is 2.06 bits per heavy atom. The fourth-order valence-corrected chi connectivity index (χ4v) is 2.28. The van der Waals surface area contributed by atoms with E-state index in [0.717, 1.165) is 0 Å². The van der Waals surface area contributed by atoms with Gasteiger partial charge in [0, 0.05) is 6.20 Å². The van der Waals surface area contributed by atoms with Crippen LogP contribution in [-0.4, -0.2) is 10.1 Å². The molecule has 1 aromatic carbocycles. The molecule has 0 saturated carbocycles. The lowest BCUT2D eigenvalue weighted by molar-refractivity contribution is 0.106. The number of nitrogens with two attached hydrogens (primary N) is 1. The number of hydrogen-bond donors (Lipinski definition) is 2. The third-order valence-electron chi connectivity index (χ3n) is 2.58. The molecule has 0 aliphatic rings. The number of nitrogen functional groups attached to an aromatic ring is 1. The Bertz CT molecular complexity index is 566. The van der Waals surface area contributed by atoms with Crippen molar-refractivity contribution in [1.29, 1.82) is 5.26 Å². The molecular weight excluding hydrogens is 234 g/mol. The SMILES string of the molecule is C[C@@](O)(c1ccc(C#N)cc1)c1cnc(N)s1. The van der Waals surface area contributed by atoms with Gasteiger partial charge in [0.05, 0.1) is 16.5 Å². The van der Waals surface area contributed by atoms with Crippen molar-refractivity contribution in [3.05, 3.63) is 46.5 Å². The molecule has 0 unspecified atom stereocenters. The summed E-state index contributed by atoms with van der Waals surface area (Å²) in [5.74, 6) is 0. The molecule has 0 bridgehead atoms. The maximum absolute atomic E-state index is 10.5. The smallest absolute Gasteiger partial charge is 0.180 e. The van der Waals surface area contributed by atoms with Crippen LogP contribution in [0.5, 0.6) is 0 Å². The number of hydrogen-bond acceptors (Lipinski definition) is 5. The van der Waals surface area contributed by atoms with Gasteiger partial charge in [0.1, 0.15) is 5.60 Å². The first-order valence-corrected chi connectivity index (χ1v) is 5.80. The Balaban J connectivity index is 2.41. The number of aliphatic hydroxyl groups is 1. The number of anilines is 1. The molecule has 1 heterocycles. The number of benzene rings is 1. The van der Waals surface area contributed by atoms with E-state index in [0.29, 0.717) is 21.1 Å². The second-order valence-corrected chi connectivity index (χ2v) is 4.89. The predicted octanol–water partition coefficient (Wildman–Crippen LogP) is 1.85. The average Bonchev–Trinajstić information content (AvgIpc) is 2.77. The van der Waals surface area contributed by atoms with Crippen LogP contribution < -0.4 is 5.73 Å². The zero-order valence-electron chi connectivity index (χ0n) is 9.21. The molecule has 17 heavy (non-hydrogen) atoms. The summed E-state index contributed by atoms with van der Waals surface area (Å²) in [5.41, 5.74) is 5.69. The van der Waals surface area contributed by atoms with Crippen molar-refractivity contribution in [3.63, 3.8) is 0 Å². The fourth-order valence-electron chi connectivity index (χ4n) is 1.52. The molecule has 0 amide bonds. The van der Waals surface area contributed by atoms with Gasteiger partial charge in [0.2, 0.25) is 0 Å². The van der Waals surface area contributed by atoms with E-state index in [2.05, 4.69) is 4.98 Å². The topological polar surface area (TPSA) is 82.9 Å². The van der Waals surface area contributed by atoms with Gasteiger partial charge in [-0.15, -0.1) is 0 Å². The van der Waals surface area contributed by atoms with Crippen molar-refractivity contribution in [2.45, 2.75) is 12.5 Å². The minimum atomic E-state index is -1.14. The van der Waals surface area contributed by atoms with Crippen LogP contribution in [0.3, 0.4) is 0 Å². The third kappa shape index (κ3) is 2.13. The van der Waals surface area contributed by atoms with Crippen LogP contribution in [0.4, 0.5) is 5.13 Å². The van der Waals surface area contributed by atoms with Crippen molar-refractivity contribution >= 4 is 16.5 Å². The molecule has 0 fully saturated rings. The summed E-state index contributed by atoms with van der Waals surface area (Å²) in [4.78, 5) is 4.61. The number of nitriles is 1. The first kappa shape index (κ1) is 11.6. The highest BCUT2D eigenvalue weighted by atomic mass is 32.1. The van der Waals surface area contributed by atoms with Gasteiger partial charge in [-0.25, -0.2) is 4.98 Å². The summed E-state index contributed by atoms with van der Waals surface area (Å²) in [5, 5.41) is 19.6. The van der Waals surface area contributed by atoms with Crippen molar-refractivity contribution in [2.24, 2.45) is 0 Å². The second kappa shape index (κ2) is 4.17. The van der Waals surface area contributed by atoms with Crippen LogP contribution >= 0.6 is 11.3 Å². The number of nitrogens with zero attached hydrogens (tertiary/aromatic N) is 2. The van der Waals surface area contributed by atoms with Crippen LogP contribution in [0.25, 0.3) is 0 Å². The maximum atomic E-state index is 10.5. The summed E-state index contributed by atoms with van der Waals surface area (Å²) in [7, 11) is 0. The van der Waals surface area contributed by atoms with E-state index in [1.807, 2.05) is 6.07 Å². The van der Waals surface area contributed by atoms with Gasteiger partial charge in [-0.05, 0) is 24.6 Å². The largest absolute Gasteiger partial charge is 0.380 e. The summed E-state index contributed by atoms with van der Waals surface area (Å²) < 4.78 is 0. The Labute approximate surface area is 103 Å². The molecule has 4 nitrogen and oxygen atoms in total. The lowest BCUT2D eigenvalue weighted by atomic mass is 9.94. The number of thiazole rings is 1. The highest BCUT2D eigenvalue weighted by Gasteiger charge is 2.27. The van der Waals surface area contributed by atoms with Gasteiger partial charge >= 0.3 is 0 Å². The monoisotopic (exact) mass is 245 g/mol. The summed E-state index contributed by atoms with van der Waals surface area (Å²) in [6, 6.07) is 8.85. The standard InChI is InChI=1S/C12H11N3OS/c1-12(16,10-7-15-11(14)17-10)9-4-2-8(6-13)3-5-9/h2-5,7,16H,1H3,(H2,14,15)/t12-/m1/s1. The van der Waals surface area contributed by atoms with Crippen molar-refractivity contribution in [1.82, 2.24) is 4.98 Å². The van der Waals surface area contributed by atoms with E-state index in [1.54, 1.807) is 37.4 Å². The zero-order valence-corrected chi connectivity index (χ0v) is 10.0. The van der Waals surface area contributed by atoms with Crippen molar-refractivity contribution in [2.75, 3.05) is 5.73 Å². The van der Waals surface area contributed by atoms with Crippen molar-refractivity contribution in [3.8, 4) is 6.07 Å². The van der Waals surface area contributed by atoms with Gasteiger partial charge in [0.15, 0.2) is 5.13 Å². The molecule has 3 N–H and O–H groups in total. The van der Waals surface area contributed by atoms with Crippen LogP contribution in [0.15, 0.2) is 30.5 Å². The van der Waals surface area contributed by atoms with E-state index >= 15 is 0 Å². The van der Waals surface area contributed by atoms with E-state index in [1.165, 1.54) is 11.3 Å². The number of aromatic nitrogens is 1. The normalized spacial score (nSPS) is 13.9. The molecule has 86 valence electrons. The van der Waals surface area contributed by atoms with Crippen LogP contribution in [0.2, 0.25) is 0 Å². The Kier molecular flexibility index (Phi) is 2.84. The Morgan fingerprint density at radius 1 is 1.41 bits per heavy atom. The first-order valence-electron chi connectivity index (χ1n) is 4.99. The van der Waals surface area contributed by atoms with E-state index < -0.39 is 5.60 Å². The quantitative estimate of drug-likeness (QED) is 0.845. The molecule has 2 aromatic rings. The molecule has 0 radical (unpaired) electrons. The minimum absolute atomic E-state index is 0.425. The highest BCUT2D eigenvalue weighted by Crippen LogP contribution is 2.33. The van der Waals surface area contributed by atoms with Crippen LogP contribution in [0, 0.1) is 11.3 Å². The summed E-state index contributed by atoms with van der Waals surface area (Å²) in [6.07, 6.45) is 1.57. The average molecular weight is 245 g/mol. The lowest BCUT2D eigenvalue weighted by Crippen LogP contribution is -2.21. The summed E-state index contributed by atoms with van der Waals surface area (Å²) >= 11 is 1.25. The molecule has 0 aliphatic heterocycles. The molecule has 5 heteroatoms. The van der Waals surface area contributed by atoms with Gasteiger partial charge in [-0.3, -0.25) is 0 Å². The van der Waals surface area contributed by atoms with E-state index in [4.69, 9.17) is 11.0 Å². The minimum Gasteiger partial charge on any atom is -0.380 e. The highest BCUT2D eigenvalue weighted by molar-refractivity contribution is 7.15. The summed E-state index contributed by atoms with van der Waals surface area (Å²) in [6.45, 7) is 1.68. The van der Waals surface area contributed by atoms with Crippen LogP contribution in [-0.2, 0) is 5.60 Å². The van der Waals surface area contributed by atoms with E-state index in [9.17, 15) is 5.11 Å². The van der Waals surface area contributed by atoms with Crippen LogP contribution in [0.1, 0.15) is 22.9 Å². The van der Waals surface area contributed by atoms with Crippen molar-refractivity contribution < 1.29 is 5.11 Å². The third-order valence-corrected chi connectivity index (χ3v) is 3.62. The Hall–Kier alpha value is -1.90. The first-order chi connectivity index (χ1) is 8.04. The lowest BCUT2D eigenvalue weighted by Gasteiger charge is -2.21. The molecule has 1 aromatic heterocycles. The molecule has 0 aliphatic carbocycles. The predicted molar refractivity (Wildman–Crippen MR) is 66.4 cm³/mol. The van der Waals surface area contributed by atoms with Gasteiger partial charge < -0.3 is 10.8 Å².